The maximum atomic E-state index is 10.9. The molecule has 3 rings (SSSR count). The normalized spacial score (nSPS) is 29.4. The Morgan fingerprint density at radius 1 is 1.44 bits per heavy atom. The quantitative estimate of drug-likeness (QED) is 0.760. The Morgan fingerprint density at radius 2 is 2.28 bits per heavy atom. The van der Waals surface area contributed by atoms with E-state index in [1.807, 2.05) is 6.08 Å². The average molecular weight is 270 g/mol. The van der Waals surface area contributed by atoms with Crippen LogP contribution in [0.15, 0.2) is 35.1 Å². The summed E-state index contributed by atoms with van der Waals surface area (Å²) in [5.74, 6) is 0.648. The van der Waals surface area contributed by atoms with Gasteiger partial charge in [-0.05, 0) is 25.0 Å². The summed E-state index contributed by atoms with van der Waals surface area (Å²) in [6.07, 6.45) is 7.56. The van der Waals surface area contributed by atoms with Crippen molar-refractivity contribution in [1.29, 1.82) is 0 Å². The number of rotatable bonds is 1. The molecule has 5 heteroatoms. The van der Waals surface area contributed by atoms with Crippen molar-refractivity contribution in [2.75, 3.05) is 13.2 Å². The van der Waals surface area contributed by atoms with E-state index in [-0.39, 0.29) is 18.4 Å². The van der Waals surface area contributed by atoms with Crippen LogP contribution in [0.4, 0.5) is 0 Å². The van der Waals surface area contributed by atoms with Crippen molar-refractivity contribution in [3.05, 3.63) is 35.1 Å². The Morgan fingerprint density at radius 3 is 3.06 bits per heavy atom. The van der Waals surface area contributed by atoms with E-state index in [1.165, 1.54) is 0 Å². The van der Waals surface area contributed by atoms with Gasteiger partial charge >= 0.3 is 5.97 Å². The Kier molecular flexibility index (Phi) is 3.78. The van der Waals surface area contributed by atoms with Crippen molar-refractivity contribution in [3.8, 4) is 0 Å². The molecule has 0 bridgehead atoms. The van der Waals surface area contributed by atoms with Crippen molar-refractivity contribution in [2.24, 2.45) is 5.92 Å². The highest BCUT2D eigenvalue weighted by molar-refractivity contribution is 5.90. The molecule has 4 nitrogen and oxygen atoms in total. The third kappa shape index (κ3) is 2.18. The highest BCUT2D eigenvalue weighted by atomic mass is 35.5. The van der Waals surface area contributed by atoms with Crippen molar-refractivity contribution < 1.29 is 14.6 Å². The van der Waals surface area contributed by atoms with Gasteiger partial charge in [0.15, 0.2) is 0 Å². The minimum Gasteiger partial charge on any atom is -0.497 e. The first kappa shape index (κ1) is 13.2. The molecule has 0 aromatic carbocycles. The summed E-state index contributed by atoms with van der Waals surface area (Å²) in [5.41, 5.74) is 1.45. The van der Waals surface area contributed by atoms with Gasteiger partial charge in [-0.1, -0.05) is 6.08 Å². The Bertz CT molecular complexity index is 453. The lowest BCUT2D eigenvalue weighted by atomic mass is 9.85. The van der Waals surface area contributed by atoms with E-state index < -0.39 is 5.97 Å². The van der Waals surface area contributed by atoms with Crippen molar-refractivity contribution >= 4 is 18.4 Å². The van der Waals surface area contributed by atoms with E-state index in [4.69, 9.17) is 9.84 Å². The summed E-state index contributed by atoms with van der Waals surface area (Å²) in [5, 5.41) is 12.3. The van der Waals surface area contributed by atoms with Crippen molar-refractivity contribution in [2.45, 2.75) is 18.9 Å². The van der Waals surface area contributed by atoms with Crippen LogP contribution in [-0.2, 0) is 9.53 Å². The smallest absolute Gasteiger partial charge is 0.335 e. The summed E-state index contributed by atoms with van der Waals surface area (Å²) in [4.78, 5) is 10.9. The Labute approximate surface area is 112 Å². The second-order valence-corrected chi connectivity index (χ2v) is 4.65. The molecular weight excluding hydrogens is 254 g/mol. The van der Waals surface area contributed by atoms with Gasteiger partial charge < -0.3 is 15.2 Å². The van der Waals surface area contributed by atoms with Gasteiger partial charge in [0.25, 0.3) is 0 Å². The fraction of sp³-hybridized carbons (Fsp3) is 0.462. The van der Waals surface area contributed by atoms with Crippen molar-refractivity contribution in [1.82, 2.24) is 5.32 Å². The zero-order valence-electron chi connectivity index (χ0n) is 9.89. The number of carbonyl (C=O) groups is 1. The van der Waals surface area contributed by atoms with Crippen LogP contribution in [0.3, 0.4) is 0 Å². The van der Waals surface area contributed by atoms with Gasteiger partial charge in [-0.3, -0.25) is 0 Å². The van der Waals surface area contributed by atoms with Crippen LogP contribution in [-0.4, -0.2) is 30.3 Å². The van der Waals surface area contributed by atoms with Gasteiger partial charge in [0.05, 0.1) is 18.2 Å². The topological polar surface area (TPSA) is 58.6 Å². The molecule has 2 heterocycles. The average Bonchev–Trinajstić information content (AvgIpc) is 2.38. The first-order valence-electron chi connectivity index (χ1n) is 5.99. The van der Waals surface area contributed by atoms with Crippen LogP contribution in [0, 0.1) is 5.92 Å². The van der Waals surface area contributed by atoms with Crippen LogP contribution < -0.4 is 5.32 Å². The molecule has 0 aromatic rings. The first-order valence-corrected chi connectivity index (χ1v) is 5.99. The van der Waals surface area contributed by atoms with Gasteiger partial charge in [0.1, 0.15) is 5.76 Å². The highest BCUT2D eigenvalue weighted by Gasteiger charge is 2.32. The minimum atomic E-state index is -0.876. The number of hydrogen-bond donors (Lipinski definition) is 2. The Balaban J connectivity index is 0.00000120. The van der Waals surface area contributed by atoms with Crippen molar-refractivity contribution in [3.63, 3.8) is 0 Å². The Hall–Kier alpha value is -1.26. The van der Waals surface area contributed by atoms with Gasteiger partial charge in [-0.2, -0.15) is 0 Å². The standard InChI is InChI=1S/C13H15NO3.ClH/c15-13(16)8-3-4-10-11(6-8)14-7-9-2-1-5-17-12(9)10;/h3-4,6,9,11,14H,1-2,5,7H2,(H,15,16);1H. The molecule has 0 spiro atoms. The number of hydrogen-bond acceptors (Lipinski definition) is 3. The fourth-order valence-electron chi connectivity index (χ4n) is 2.70. The number of ether oxygens (including phenoxy) is 1. The number of carboxylic acid groups (broad SMARTS) is 1. The molecule has 18 heavy (non-hydrogen) atoms. The predicted molar refractivity (Wildman–Crippen MR) is 69.6 cm³/mol. The summed E-state index contributed by atoms with van der Waals surface area (Å²) in [6.45, 7) is 1.66. The van der Waals surface area contributed by atoms with Gasteiger partial charge in [0, 0.05) is 18.0 Å². The molecule has 98 valence electrons. The molecule has 0 saturated carbocycles. The second-order valence-electron chi connectivity index (χ2n) is 4.65. The molecular formula is C13H16ClNO3. The minimum absolute atomic E-state index is 0. The molecule has 1 aliphatic carbocycles. The van der Waals surface area contributed by atoms with Crippen LogP contribution in [0.5, 0.6) is 0 Å². The van der Waals surface area contributed by atoms with Gasteiger partial charge in [0.2, 0.25) is 0 Å². The molecule has 2 N–H and O–H groups in total. The third-order valence-electron chi connectivity index (χ3n) is 3.56. The third-order valence-corrected chi connectivity index (χ3v) is 3.56. The lowest BCUT2D eigenvalue weighted by Crippen LogP contribution is -2.42. The maximum absolute atomic E-state index is 10.9. The molecule has 1 saturated heterocycles. The second kappa shape index (κ2) is 5.16. The van der Waals surface area contributed by atoms with Crippen LogP contribution >= 0.6 is 12.4 Å². The number of aliphatic carboxylic acids is 1. The van der Waals surface area contributed by atoms with E-state index in [9.17, 15) is 4.79 Å². The SMILES string of the molecule is Cl.O=C(O)C1=CC2NCC3CCCOC3=C2C=C1. The molecule has 2 atom stereocenters. The molecule has 3 aliphatic rings. The summed E-state index contributed by atoms with van der Waals surface area (Å²) in [7, 11) is 0. The molecule has 0 radical (unpaired) electrons. The lowest BCUT2D eigenvalue weighted by molar-refractivity contribution is -0.132. The van der Waals surface area contributed by atoms with Crippen LogP contribution in [0.25, 0.3) is 0 Å². The van der Waals surface area contributed by atoms with E-state index in [2.05, 4.69) is 5.32 Å². The van der Waals surface area contributed by atoms with Gasteiger partial charge in [-0.25, -0.2) is 4.79 Å². The monoisotopic (exact) mass is 269 g/mol. The number of fused-ring (bicyclic) bond motifs is 2. The van der Waals surface area contributed by atoms with E-state index in [0.29, 0.717) is 11.5 Å². The van der Waals surface area contributed by atoms with E-state index >= 15 is 0 Å². The zero-order chi connectivity index (χ0) is 11.8. The fourth-order valence-corrected chi connectivity index (χ4v) is 2.70. The predicted octanol–water partition coefficient (Wildman–Crippen LogP) is 1.64. The number of halogens is 1. The molecule has 2 unspecified atom stereocenters. The maximum Gasteiger partial charge on any atom is 0.335 e. The van der Waals surface area contributed by atoms with E-state index in [1.54, 1.807) is 12.2 Å². The van der Waals surface area contributed by atoms with Crippen LogP contribution in [0.2, 0.25) is 0 Å². The number of carboxylic acids is 1. The first-order chi connectivity index (χ1) is 8.25. The molecule has 0 amide bonds. The molecule has 2 aliphatic heterocycles. The highest BCUT2D eigenvalue weighted by Crippen LogP contribution is 2.33. The van der Waals surface area contributed by atoms with Gasteiger partial charge in [-0.15, -0.1) is 12.4 Å². The molecule has 1 fully saturated rings. The zero-order valence-corrected chi connectivity index (χ0v) is 10.7. The summed E-state index contributed by atoms with van der Waals surface area (Å²) < 4.78 is 5.76. The summed E-state index contributed by atoms with van der Waals surface area (Å²) >= 11 is 0. The lowest BCUT2D eigenvalue weighted by Gasteiger charge is -2.36. The number of nitrogens with one attached hydrogen (secondary N) is 1. The van der Waals surface area contributed by atoms with E-state index in [0.717, 1.165) is 37.3 Å². The molecule has 0 aromatic heterocycles. The summed E-state index contributed by atoms with van der Waals surface area (Å²) in [6, 6.07) is -0.00421. The van der Waals surface area contributed by atoms with Crippen LogP contribution in [0.1, 0.15) is 12.8 Å². The largest absolute Gasteiger partial charge is 0.497 e.